The van der Waals surface area contributed by atoms with Crippen LogP contribution in [-0.2, 0) is 9.59 Å². The van der Waals surface area contributed by atoms with Gasteiger partial charge >= 0.3 is 0 Å². The van der Waals surface area contributed by atoms with Gasteiger partial charge < -0.3 is 15.5 Å². The molecule has 0 saturated heterocycles. The van der Waals surface area contributed by atoms with Crippen molar-refractivity contribution in [2.45, 2.75) is 13.8 Å². The molecule has 2 heterocycles. The maximum Gasteiger partial charge on any atom is 0.246 e. The van der Waals surface area contributed by atoms with Crippen molar-refractivity contribution in [2.24, 2.45) is 0 Å². The number of hydrogen-bond acceptors (Lipinski definition) is 7. The topological polar surface area (TPSA) is 123 Å². The Morgan fingerprint density at radius 3 is 2.89 bits per heavy atom. The first kappa shape index (κ1) is 18.8. The van der Waals surface area contributed by atoms with Crippen molar-refractivity contribution < 1.29 is 9.59 Å². The van der Waals surface area contributed by atoms with Crippen molar-refractivity contribution in [1.82, 2.24) is 15.3 Å². The van der Waals surface area contributed by atoms with E-state index < -0.39 is 5.91 Å². The van der Waals surface area contributed by atoms with Crippen LogP contribution in [0.1, 0.15) is 18.2 Å². The van der Waals surface area contributed by atoms with Gasteiger partial charge in [-0.2, -0.15) is 5.26 Å². The fourth-order valence-electron chi connectivity index (χ4n) is 2.93. The number of nitriles is 1. The quantitative estimate of drug-likeness (QED) is 0.516. The summed E-state index contributed by atoms with van der Waals surface area (Å²) in [6.07, 6.45) is 1.98. The van der Waals surface area contributed by atoms with E-state index in [1.807, 2.05) is 36.1 Å². The number of carbonyl (C=O) groups is 2. The molecule has 142 valence electrons. The summed E-state index contributed by atoms with van der Waals surface area (Å²) in [5.41, 5.74) is 3.35. The van der Waals surface area contributed by atoms with Gasteiger partial charge in [0.15, 0.2) is 0 Å². The van der Waals surface area contributed by atoms with Crippen molar-refractivity contribution >= 4 is 35.2 Å². The smallest absolute Gasteiger partial charge is 0.246 e. The van der Waals surface area contributed by atoms with Crippen molar-refractivity contribution in [3.05, 3.63) is 47.5 Å². The summed E-state index contributed by atoms with van der Waals surface area (Å²) in [6, 6.07) is 10.0. The van der Waals surface area contributed by atoms with E-state index in [1.54, 1.807) is 13.1 Å². The summed E-state index contributed by atoms with van der Waals surface area (Å²) in [7, 11) is 0. The minimum Gasteiger partial charge on any atom is -0.350 e. The second-order valence-electron chi connectivity index (χ2n) is 5.99. The fraction of sp³-hybridized carbons (Fsp3) is 0.211. The summed E-state index contributed by atoms with van der Waals surface area (Å²) >= 11 is 0. The van der Waals surface area contributed by atoms with Gasteiger partial charge in [0, 0.05) is 12.7 Å². The number of aromatic nitrogens is 2. The first-order valence-electron chi connectivity index (χ1n) is 8.67. The predicted molar refractivity (Wildman–Crippen MR) is 105 cm³/mol. The molecule has 0 fully saturated rings. The predicted octanol–water partition coefficient (Wildman–Crippen LogP) is 1.61. The van der Waals surface area contributed by atoms with Crippen LogP contribution in [0.4, 0.5) is 17.3 Å². The Hall–Kier alpha value is -3.93. The average molecular weight is 377 g/mol. The van der Waals surface area contributed by atoms with Crippen LogP contribution in [-0.4, -0.2) is 35.4 Å². The summed E-state index contributed by atoms with van der Waals surface area (Å²) in [4.78, 5) is 32.6. The van der Waals surface area contributed by atoms with Gasteiger partial charge in [-0.3, -0.25) is 14.9 Å². The molecule has 28 heavy (non-hydrogen) atoms. The largest absolute Gasteiger partial charge is 0.350 e. The van der Waals surface area contributed by atoms with Crippen LogP contribution in [0, 0.1) is 18.3 Å². The highest BCUT2D eigenvalue weighted by atomic mass is 16.2. The molecule has 3 rings (SSSR count). The highest BCUT2D eigenvalue weighted by Crippen LogP contribution is 2.38. The van der Waals surface area contributed by atoms with Gasteiger partial charge in [0.05, 0.1) is 23.6 Å². The van der Waals surface area contributed by atoms with Gasteiger partial charge in [0.25, 0.3) is 0 Å². The number of nitrogens with one attached hydrogen (secondary N) is 3. The third kappa shape index (κ3) is 3.61. The molecule has 1 aliphatic heterocycles. The fourth-order valence-corrected chi connectivity index (χ4v) is 2.93. The van der Waals surface area contributed by atoms with Gasteiger partial charge in [-0.05, 0) is 31.5 Å². The molecule has 0 aliphatic carbocycles. The second-order valence-corrected chi connectivity index (χ2v) is 5.99. The molecule has 1 aromatic carbocycles. The molecule has 9 heteroatoms. The zero-order chi connectivity index (χ0) is 20.1. The molecule has 0 radical (unpaired) electrons. The number of hydrogen-bond donors (Lipinski definition) is 3. The Bertz CT molecular complexity index is 994. The first-order chi connectivity index (χ1) is 13.6. The van der Waals surface area contributed by atoms with Gasteiger partial charge in [0.1, 0.15) is 17.5 Å². The Morgan fingerprint density at radius 1 is 1.39 bits per heavy atom. The number of benzene rings is 1. The molecule has 0 atom stereocenters. The molecular weight excluding hydrogens is 358 g/mol. The lowest BCUT2D eigenvalue weighted by molar-refractivity contribution is -0.118. The third-order valence-electron chi connectivity index (χ3n) is 4.19. The maximum atomic E-state index is 11.8. The first-order valence-corrected chi connectivity index (χ1v) is 8.67. The number of nitrogens with zero attached hydrogens (tertiary/aromatic N) is 4. The molecule has 1 aliphatic rings. The lowest BCUT2D eigenvalue weighted by Gasteiger charge is -2.19. The Labute approximate surface area is 162 Å². The summed E-state index contributed by atoms with van der Waals surface area (Å²) < 4.78 is 0. The van der Waals surface area contributed by atoms with E-state index in [9.17, 15) is 14.9 Å². The number of carbonyl (C=O) groups excluding carboxylic acids is 2. The maximum absolute atomic E-state index is 11.8. The summed E-state index contributed by atoms with van der Waals surface area (Å²) in [5, 5.41) is 17.9. The van der Waals surface area contributed by atoms with Gasteiger partial charge in [-0.25, -0.2) is 9.97 Å². The summed E-state index contributed by atoms with van der Waals surface area (Å²) in [5.74, 6) is 0.229. The van der Waals surface area contributed by atoms with E-state index >= 15 is 0 Å². The van der Waals surface area contributed by atoms with E-state index in [1.165, 1.54) is 0 Å². The molecule has 0 bridgehead atoms. The number of amides is 2. The van der Waals surface area contributed by atoms with Crippen molar-refractivity contribution in [3.8, 4) is 6.07 Å². The van der Waals surface area contributed by atoms with Crippen LogP contribution in [0.2, 0.25) is 0 Å². The molecule has 3 N–H and O–H groups in total. The highest BCUT2D eigenvalue weighted by molar-refractivity contribution is 5.93. The average Bonchev–Trinajstić information content (AvgIpc) is 3.07. The Balaban J connectivity index is 2.00. The van der Waals surface area contributed by atoms with Crippen LogP contribution >= 0.6 is 0 Å². The number of anilines is 3. The summed E-state index contributed by atoms with van der Waals surface area (Å²) in [6.45, 7) is 4.26. The molecular formula is C19H19N7O2. The highest BCUT2D eigenvalue weighted by Gasteiger charge is 2.27. The van der Waals surface area contributed by atoms with E-state index in [4.69, 9.17) is 0 Å². The van der Waals surface area contributed by atoms with Crippen molar-refractivity contribution in [1.29, 1.82) is 5.26 Å². The van der Waals surface area contributed by atoms with Crippen LogP contribution < -0.4 is 20.9 Å². The van der Waals surface area contributed by atoms with Crippen LogP contribution in [0.3, 0.4) is 0 Å². The zero-order valence-electron chi connectivity index (χ0n) is 15.5. The number of allylic oxidation sites excluding steroid dienone is 1. The monoisotopic (exact) mass is 377 g/mol. The number of aryl methyl sites for hydroxylation is 1. The van der Waals surface area contributed by atoms with E-state index in [0.29, 0.717) is 35.6 Å². The minimum absolute atomic E-state index is 0.0604. The van der Waals surface area contributed by atoms with Crippen molar-refractivity contribution in [3.63, 3.8) is 0 Å². The number of rotatable bonds is 6. The third-order valence-corrected chi connectivity index (χ3v) is 4.19. The SMILES string of the molecule is CCN1/C(=C(\C#N)c2nc(NC(=O)CNC=O)ncc2C)Nc2ccccc21. The van der Waals surface area contributed by atoms with Gasteiger partial charge in [0.2, 0.25) is 18.3 Å². The van der Waals surface area contributed by atoms with Crippen LogP contribution in [0.15, 0.2) is 36.3 Å². The number of para-hydroxylation sites is 2. The molecule has 0 saturated carbocycles. The minimum atomic E-state index is -0.463. The lowest BCUT2D eigenvalue weighted by Crippen LogP contribution is -2.28. The molecule has 0 spiro atoms. The van der Waals surface area contributed by atoms with Gasteiger partial charge in [-0.15, -0.1) is 0 Å². The lowest BCUT2D eigenvalue weighted by atomic mass is 10.1. The van der Waals surface area contributed by atoms with Gasteiger partial charge in [-0.1, -0.05) is 12.1 Å². The molecule has 2 aromatic rings. The van der Waals surface area contributed by atoms with E-state index in [-0.39, 0.29) is 12.5 Å². The molecule has 0 unspecified atom stereocenters. The Kier molecular flexibility index (Phi) is 5.50. The molecule has 9 nitrogen and oxygen atoms in total. The van der Waals surface area contributed by atoms with Crippen molar-refractivity contribution in [2.75, 3.05) is 28.6 Å². The van der Waals surface area contributed by atoms with Crippen LogP contribution in [0.25, 0.3) is 5.57 Å². The Morgan fingerprint density at radius 2 is 2.18 bits per heavy atom. The van der Waals surface area contributed by atoms with E-state index in [2.05, 4.69) is 32.0 Å². The van der Waals surface area contributed by atoms with Crippen LogP contribution in [0.5, 0.6) is 0 Å². The second kappa shape index (κ2) is 8.18. The molecule has 2 amide bonds. The standard InChI is InChI=1S/C19H19N7O2/c1-3-26-15-7-5-4-6-14(15)23-18(26)13(8-20)17-12(2)9-22-19(25-17)24-16(28)10-21-11-27/h4-7,9,11,23H,3,10H2,1-2H3,(H,21,27)(H,22,24,25,28)/b18-13+. The molecule has 1 aromatic heterocycles. The normalized spacial score (nSPS) is 13.8. The zero-order valence-corrected chi connectivity index (χ0v) is 15.5. The number of fused-ring (bicyclic) bond motifs is 1. The van der Waals surface area contributed by atoms with E-state index in [0.717, 1.165) is 11.4 Å².